The molecular weight excluding hydrogens is 444 g/mol. The van der Waals surface area contributed by atoms with Crippen LogP contribution in [0, 0.1) is 11.6 Å². The Labute approximate surface area is 191 Å². The number of nitrogens with zero attached hydrogens (tertiary/aromatic N) is 3. The van der Waals surface area contributed by atoms with Crippen LogP contribution in [0.15, 0.2) is 84.1 Å². The number of nitrogens with one attached hydrogen (secondary N) is 2. The summed E-state index contributed by atoms with van der Waals surface area (Å²) in [6.45, 7) is 0. The first-order valence-electron chi connectivity index (χ1n) is 10.0. The highest BCUT2D eigenvalue weighted by molar-refractivity contribution is 7.99. The van der Waals surface area contributed by atoms with Gasteiger partial charge in [0.15, 0.2) is 11.0 Å². The number of benzene rings is 3. The van der Waals surface area contributed by atoms with Crippen LogP contribution in [0.4, 0.5) is 14.5 Å². The number of hydrogen-bond acceptors (Lipinski definition) is 4. The zero-order valence-electron chi connectivity index (χ0n) is 17.1. The Morgan fingerprint density at radius 3 is 2.61 bits per heavy atom. The van der Waals surface area contributed by atoms with E-state index in [1.165, 1.54) is 42.1 Å². The zero-order valence-corrected chi connectivity index (χ0v) is 17.9. The summed E-state index contributed by atoms with van der Waals surface area (Å²) in [7, 11) is 0. The van der Waals surface area contributed by atoms with Gasteiger partial charge in [0.1, 0.15) is 11.6 Å². The Morgan fingerprint density at radius 2 is 1.79 bits per heavy atom. The Kier molecular flexibility index (Phi) is 5.62. The molecule has 164 valence electrons. The van der Waals surface area contributed by atoms with E-state index in [9.17, 15) is 13.6 Å². The van der Waals surface area contributed by atoms with Gasteiger partial charge in [-0.3, -0.25) is 9.36 Å². The van der Waals surface area contributed by atoms with Crippen LogP contribution in [0.25, 0.3) is 28.0 Å². The highest BCUT2D eigenvalue weighted by atomic mass is 32.2. The number of aromatic amines is 1. The predicted molar refractivity (Wildman–Crippen MR) is 124 cm³/mol. The first kappa shape index (κ1) is 20.9. The first-order valence-corrected chi connectivity index (χ1v) is 11.0. The molecule has 1 amide bonds. The lowest BCUT2D eigenvalue weighted by Gasteiger charge is -2.10. The molecule has 6 nitrogen and oxygen atoms in total. The molecule has 0 aliphatic rings. The lowest BCUT2D eigenvalue weighted by molar-refractivity contribution is -0.113. The van der Waals surface area contributed by atoms with Crippen LogP contribution in [-0.4, -0.2) is 31.4 Å². The number of halogens is 2. The van der Waals surface area contributed by atoms with Gasteiger partial charge in [-0.2, -0.15) is 0 Å². The van der Waals surface area contributed by atoms with Crippen molar-refractivity contribution < 1.29 is 13.6 Å². The molecule has 0 spiro atoms. The van der Waals surface area contributed by atoms with E-state index in [0.717, 1.165) is 16.5 Å². The van der Waals surface area contributed by atoms with Crippen molar-refractivity contribution in [2.75, 3.05) is 11.1 Å². The average Bonchev–Trinajstić information content (AvgIpc) is 3.42. The fourth-order valence-electron chi connectivity index (χ4n) is 3.51. The minimum Gasteiger partial charge on any atom is -0.360 e. The molecule has 3 aromatic carbocycles. The number of H-pyrrole nitrogens is 1. The van der Waals surface area contributed by atoms with Crippen molar-refractivity contribution in [2.45, 2.75) is 5.16 Å². The van der Waals surface area contributed by atoms with Gasteiger partial charge in [-0.05, 0) is 48.5 Å². The number of fused-ring (bicyclic) bond motifs is 1. The SMILES string of the molecule is O=C(CSc1nnc(-c2c[nH]c3ccccc23)n1-c1ccc(F)cc1)Nc1cccc(F)c1. The van der Waals surface area contributed by atoms with Crippen LogP contribution in [0.1, 0.15) is 0 Å². The standard InChI is InChI=1S/C24H17F2N5OS/c25-15-8-10-18(11-9-15)31-23(20-13-27-21-7-2-1-6-19(20)21)29-30-24(31)33-14-22(32)28-17-5-3-4-16(26)12-17/h1-13,27H,14H2,(H,28,32). The Bertz CT molecular complexity index is 1450. The third kappa shape index (κ3) is 4.35. The van der Waals surface area contributed by atoms with Crippen LogP contribution >= 0.6 is 11.8 Å². The van der Waals surface area contributed by atoms with Gasteiger partial charge in [0, 0.05) is 34.0 Å². The number of thioether (sulfide) groups is 1. The molecule has 2 aromatic heterocycles. The summed E-state index contributed by atoms with van der Waals surface area (Å²) in [6, 6.07) is 19.5. The van der Waals surface area contributed by atoms with Gasteiger partial charge >= 0.3 is 0 Å². The number of rotatable bonds is 6. The van der Waals surface area contributed by atoms with Crippen LogP contribution in [0.2, 0.25) is 0 Å². The van der Waals surface area contributed by atoms with Crippen molar-refractivity contribution in [3.05, 3.63) is 90.6 Å². The highest BCUT2D eigenvalue weighted by Gasteiger charge is 2.20. The monoisotopic (exact) mass is 461 g/mol. The van der Waals surface area contributed by atoms with E-state index in [2.05, 4.69) is 20.5 Å². The topological polar surface area (TPSA) is 75.6 Å². The van der Waals surface area contributed by atoms with E-state index in [1.54, 1.807) is 22.8 Å². The van der Waals surface area contributed by atoms with E-state index in [0.29, 0.717) is 22.4 Å². The third-order valence-corrected chi connectivity index (χ3v) is 5.92. The zero-order chi connectivity index (χ0) is 22.8. The number of para-hydroxylation sites is 1. The molecule has 2 N–H and O–H groups in total. The van der Waals surface area contributed by atoms with Crippen molar-refractivity contribution in [3.63, 3.8) is 0 Å². The van der Waals surface area contributed by atoms with E-state index in [-0.39, 0.29) is 17.5 Å². The Balaban J connectivity index is 1.47. The number of hydrogen-bond donors (Lipinski definition) is 2. The molecule has 33 heavy (non-hydrogen) atoms. The molecule has 9 heteroatoms. The van der Waals surface area contributed by atoms with Crippen molar-refractivity contribution in [3.8, 4) is 17.1 Å². The number of anilines is 1. The van der Waals surface area contributed by atoms with Gasteiger partial charge in [-0.25, -0.2) is 8.78 Å². The van der Waals surface area contributed by atoms with Crippen LogP contribution in [0.3, 0.4) is 0 Å². The summed E-state index contributed by atoms with van der Waals surface area (Å²) in [5.41, 5.74) is 2.82. The van der Waals surface area contributed by atoms with Gasteiger partial charge in [-0.1, -0.05) is 36.0 Å². The molecule has 5 aromatic rings. The largest absolute Gasteiger partial charge is 0.360 e. The number of carbonyl (C=O) groups is 1. The van der Waals surface area contributed by atoms with Gasteiger partial charge < -0.3 is 10.3 Å². The highest BCUT2D eigenvalue weighted by Crippen LogP contribution is 2.32. The second-order valence-corrected chi connectivity index (χ2v) is 8.16. The lowest BCUT2D eigenvalue weighted by Crippen LogP contribution is -2.14. The van der Waals surface area contributed by atoms with Crippen LogP contribution < -0.4 is 5.32 Å². The Morgan fingerprint density at radius 1 is 0.970 bits per heavy atom. The number of amides is 1. The molecule has 0 radical (unpaired) electrons. The van der Waals surface area contributed by atoms with Crippen molar-refractivity contribution in [2.24, 2.45) is 0 Å². The van der Waals surface area contributed by atoms with Crippen molar-refractivity contribution in [1.29, 1.82) is 0 Å². The summed E-state index contributed by atoms with van der Waals surface area (Å²) in [6.07, 6.45) is 1.85. The molecule has 2 heterocycles. The fraction of sp³-hybridized carbons (Fsp3) is 0.0417. The quantitative estimate of drug-likeness (QED) is 0.331. The summed E-state index contributed by atoms with van der Waals surface area (Å²) >= 11 is 1.18. The third-order valence-electron chi connectivity index (χ3n) is 4.99. The maximum Gasteiger partial charge on any atom is 0.234 e. The second-order valence-electron chi connectivity index (χ2n) is 7.21. The summed E-state index contributed by atoms with van der Waals surface area (Å²) in [5.74, 6) is -0.506. The first-order chi connectivity index (χ1) is 16.1. The maximum absolute atomic E-state index is 13.6. The van der Waals surface area contributed by atoms with E-state index >= 15 is 0 Å². The average molecular weight is 461 g/mol. The molecule has 0 atom stereocenters. The predicted octanol–water partition coefficient (Wildman–Crippen LogP) is 5.42. The lowest BCUT2D eigenvalue weighted by atomic mass is 10.1. The van der Waals surface area contributed by atoms with Gasteiger partial charge in [0.05, 0.1) is 5.75 Å². The fourth-order valence-corrected chi connectivity index (χ4v) is 4.26. The molecule has 0 saturated carbocycles. The normalized spacial score (nSPS) is 11.1. The van der Waals surface area contributed by atoms with Gasteiger partial charge in [0.2, 0.25) is 5.91 Å². The van der Waals surface area contributed by atoms with E-state index in [4.69, 9.17) is 0 Å². The molecule has 0 saturated heterocycles. The number of aromatic nitrogens is 4. The summed E-state index contributed by atoms with van der Waals surface area (Å²) in [4.78, 5) is 15.7. The second kappa shape index (κ2) is 8.87. The van der Waals surface area contributed by atoms with Crippen LogP contribution in [-0.2, 0) is 4.79 Å². The maximum atomic E-state index is 13.6. The van der Waals surface area contributed by atoms with Crippen molar-refractivity contribution in [1.82, 2.24) is 19.7 Å². The molecule has 5 rings (SSSR count). The molecule has 0 aliphatic carbocycles. The minimum absolute atomic E-state index is 0.0315. The smallest absolute Gasteiger partial charge is 0.234 e. The molecule has 0 fully saturated rings. The van der Waals surface area contributed by atoms with Crippen molar-refractivity contribution >= 4 is 34.3 Å². The number of carbonyl (C=O) groups excluding carboxylic acids is 1. The van der Waals surface area contributed by atoms with Crippen LogP contribution in [0.5, 0.6) is 0 Å². The van der Waals surface area contributed by atoms with E-state index in [1.807, 2.05) is 30.5 Å². The summed E-state index contributed by atoms with van der Waals surface area (Å²) in [5, 5.41) is 12.8. The molecular formula is C24H17F2N5OS. The summed E-state index contributed by atoms with van der Waals surface area (Å²) < 4.78 is 28.7. The molecule has 0 bridgehead atoms. The minimum atomic E-state index is -0.431. The van der Waals surface area contributed by atoms with E-state index < -0.39 is 5.82 Å². The molecule has 0 unspecified atom stereocenters. The molecule has 0 aliphatic heterocycles. The Hall–Kier alpha value is -3.98. The van der Waals surface area contributed by atoms with Gasteiger partial charge in [0.25, 0.3) is 0 Å². The van der Waals surface area contributed by atoms with Gasteiger partial charge in [-0.15, -0.1) is 10.2 Å².